The molecule has 1 radical (unpaired) electrons. The molecule has 1 aliphatic carbocycles. The number of rotatable bonds is 0. The molecule has 0 aromatic rings. The smallest absolute Gasteiger partial charge is 0.0297 e. The van der Waals surface area contributed by atoms with Gasteiger partial charge in [-0.2, -0.15) is 0 Å². The Kier molecular flexibility index (Phi) is 0.911. The minimum absolute atomic E-state index is 0.556. The molecule has 1 atom stereocenters. The van der Waals surface area contributed by atoms with Gasteiger partial charge in [-0.05, 0) is 24.2 Å². The summed E-state index contributed by atoms with van der Waals surface area (Å²) >= 11 is 0. The summed E-state index contributed by atoms with van der Waals surface area (Å²) < 4.78 is 0. The van der Waals surface area contributed by atoms with Crippen LogP contribution in [-0.4, -0.2) is 0 Å². The maximum absolute atomic E-state index is 2.39. The zero-order valence-electron chi connectivity index (χ0n) is 5.36. The Balaban J connectivity index is 2.43. The van der Waals surface area contributed by atoms with Crippen molar-refractivity contribution in [3.8, 4) is 0 Å². The van der Waals surface area contributed by atoms with Crippen molar-refractivity contribution in [1.29, 1.82) is 0 Å². The second kappa shape index (κ2) is 1.24. The van der Waals surface area contributed by atoms with Gasteiger partial charge >= 0.3 is 0 Å². The molecule has 0 saturated heterocycles. The van der Waals surface area contributed by atoms with Gasteiger partial charge in [0.2, 0.25) is 0 Å². The van der Waals surface area contributed by atoms with Crippen LogP contribution >= 0.6 is 0 Å². The third kappa shape index (κ3) is 0.667. The fourth-order valence-corrected chi connectivity index (χ4v) is 0.825. The van der Waals surface area contributed by atoms with E-state index in [0.29, 0.717) is 5.41 Å². The summed E-state index contributed by atoms with van der Waals surface area (Å²) in [5.41, 5.74) is 0.556. The summed E-state index contributed by atoms with van der Waals surface area (Å²) in [5, 5.41) is 0. The van der Waals surface area contributed by atoms with Crippen LogP contribution in [0, 0.1) is 17.8 Å². The van der Waals surface area contributed by atoms with Crippen LogP contribution in [0.5, 0.6) is 0 Å². The molecule has 0 aromatic carbocycles. The molecule has 1 fully saturated rings. The Bertz CT molecular complexity index is 72.1. The molecule has 0 heteroatoms. The van der Waals surface area contributed by atoms with Crippen LogP contribution < -0.4 is 0 Å². The molecule has 0 amide bonds. The van der Waals surface area contributed by atoms with E-state index < -0.39 is 0 Å². The van der Waals surface area contributed by atoms with Crippen LogP contribution in [-0.2, 0) is 0 Å². The highest BCUT2D eigenvalue weighted by atomic mass is 14.4. The van der Waals surface area contributed by atoms with E-state index >= 15 is 0 Å². The van der Waals surface area contributed by atoms with Crippen LogP contribution in [0.25, 0.3) is 0 Å². The van der Waals surface area contributed by atoms with E-state index in [9.17, 15) is 0 Å². The lowest BCUT2D eigenvalue weighted by atomic mass is 9.64. The molecule has 0 N–H and O–H groups in total. The third-order valence-corrected chi connectivity index (χ3v) is 2.27. The Morgan fingerprint density at radius 2 is 2.00 bits per heavy atom. The van der Waals surface area contributed by atoms with E-state index in [-0.39, 0.29) is 0 Å². The maximum atomic E-state index is 2.39. The molecule has 0 bridgehead atoms. The molecule has 1 aliphatic rings. The fourth-order valence-electron chi connectivity index (χ4n) is 0.825. The molecule has 1 unspecified atom stereocenters. The lowest BCUT2D eigenvalue weighted by molar-refractivity contribution is 0.177. The molecule has 41 valence electrons. The topological polar surface area (TPSA) is 0 Å². The van der Waals surface area contributed by atoms with Crippen LogP contribution in [0.4, 0.5) is 0 Å². The van der Waals surface area contributed by atoms with Gasteiger partial charge in [-0.25, -0.2) is 0 Å². The number of hydrogen-bond donors (Lipinski definition) is 0. The summed E-state index contributed by atoms with van der Waals surface area (Å²) in [7, 11) is 0. The van der Waals surface area contributed by atoms with E-state index in [4.69, 9.17) is 0 Å². The molecule has 0 heterocycles. The molecule has 0 aliphatic heterocycles. The highest BCUT2D eigenvalue weighted by Crippen LogP contribution is 2.43. The largest absolute Gasteiger partial charge is 0.0620 e. The van der Waals surface area contributed by atoms with Gasteiger partial charge in [-0.3, -0.25) is 0 Å². The van der Waals surface area contributed by atoms with Crippen molar-refractivity contribution >= 4 is 0 Å². The summed E-state index contributed by atoms with van der Waals surface area (Å²) in [5.74, 6) is 0.924. The van der Waals surface area contributed by atoms with Gasteiger partial charge in [0.1, 0.15) is 0 Å². The molecule has 1 saturated carbocycles. The number of hydrogen-bond acceptors (Lipinski definition) is 0. The first-order valence-electron chi connectivity index (χ1n) is 2.97. The minimum atomic E-state index is 0.556. The average Bonchev–Trinajstić information content (AvgIpc) is 1.63. The standard InChI is InChI=1S/C7H13/c1-6-4-5-7(6,2)3/h5-6H,4H2,1-3H3. The quantitative estimate of drug-likeness (QED) is 0.435. The summed E-state index contributed by atoms with van der Waals surface area (Å²) in [4.78, 5) is 0. The van der Waals surface area contributed by atoms with Crippen LogP contribution in [0.15, 0.2) is 0 Å². The van der Waals surface area contributed by atoms with Crippen LogP contribution in [0.1, 0.15) is 27.2 Å². The molecule has 0 spiro atoms. The lowest BCUT2D eigenvalue weighted by Crippen LogP contribution is -2.32. The zero-order valence-corrected chi connectivity index (χ0v) is 5.36. The van der Waals surface area contributed by atoms with E-state index in [0.717, 1.165) is 5.92 Å². The second-order valence-corrected chi connectivity index (χ2v) is 3.16. The van der Waals surface area contributed by atoms with E-state index in [1.165, 1.54) is 6.42 Å². The van der Waals surface area contributed by atoms with Crippen molar-refractivity contribution in [2.24, 2.45) is 11.3 Å². The van der Waals surface area contributed by atoms with E-state index in [1.54, 1.807) is 0 Å². The molecule has 0 aromatic heterocycles. The van der Waals surface area contributed by atoms with Gasteiger partial charge in [-0.15, -0.1) is 0 Å². The van der Waals surface area contributed by atoms with Gasteiger partial charge in [0.05, 0.1) is 0 Å². The minimum Gasteiger partial charge on any atom is -0.0620 e. The molecule has 7 heavy (non-hydrogen) atoms. The van der Waals surface area contributed by atoms with Gasteiger partial charge < -0.3 is 0 Å². The fraction of sp³-hybridized carbons (Fsp3) is 0.857. The second-order valence-electron chi connectivity index (χ2n) is 3.16. The monoisotopic (exact) mass is 97.1 g/mol. The van der Waals surface area contributed by atoms with Gasteiger partial charge in [-0.1, -0.05) is 20.8 Å². The van der Waals surface area contributed by atoms with E-state index in [2.05, 4.69) is 27.2 Å². The first-order chi connectivity index (χ1) is 3.13. The van der Waals surface area contributed by atoms with Crippen molar-refractivity contribution in [1.82, 2.24) is 0 Å². The third-order valence-electron chi connectivity index (χ3n) is 2.27. The molecule has 0 nitrogen and oxygen atoms in total. The predicted octanol–water partition coefficient (Wildman–Crippen LogP) is 2.26. The Morgan fingerprint density at radius 1 is 1.57 bits per heavy atom. The Hall–Kier alpha value is 0. The Morgan fingerprint density at radius 3 is 2.00 bits per heavy atom. The Labute approximate surface area is 45.9 Å². The molecular weight excluding hydrogens is 84.1 g/mol. The zero-order chi connectivity index (χ0) is 5.49. The van der Waals surface area contributed by atoms with Crippen molar-refractivity contribution in [3.63, 3.8) is 0 Å². The highest BCUT2D eigenvalue weighted by molar-refractivity contribution is 5.00. The summed E-state index contributed by atoms with van der Waals surface area (Å²) in [6.07, 6.45) is 3.71. The normalized spacial score (nSPS) is 37.3. The van der Waals surface area contributed by atoms with Gasteiger partial charge in [0.15, 0.2) is 0 Å². The highest BCUT2D eigenvalue weighted by Gasteiger charge is 2.34. The van der Waals surface area contributed by atoms with Crippen LogP contribution in [0.3, 0.4) is 0 Å². The SMILES string of the molecule is CC1C[CH]C1(C)C. The first kappa shape index (κ1) is 5.14. The van der Waals surface area contributed by atoms with Gasteiger partial charge in [0.25, 0.3) is 0 Å². The summed E-state index contributed by atoms with van der Waals surface area (Å²) in [6.45, 7) is 6.89. The van der Waals surface area contributed by atoms with E-state index in [1.807, 2.05) is 0 Å². The average molecular weight is 97.2 g/mol. The molecular formula is C7H13. The molecule has 1 rings (SSSR count). The maximum Gasteiger partial charge on any atom is -0.0297 e. The van der Waals surface area contributed by atoms with Crippen molar-refractivity contribution < 1.29 is 0 Å². The van der Waals surface area contributed by atoms with Crippen molar-refractivity contribution in [3.05, 3.63) is 6.42 Å². The van der Waals surface area contributed by atoms with Gasteiger partial charge in [0, 0.05) is 0 Å². The first-order valence-corrected chi connectivity index (χ1v) is 2.97. The lowest BCUT2D eigenvalue weighted by Gasteiger charge is -2.41. The van der Waals surface area contributed by atoms with Crippen LogP contribution in [0.2, 0.25) is 0 Å². The van der Waals surface area contributed by atoms with Crippen molar-refractivity contribution in [2.45, 2.75) is 27.2 Å². The van der Waals surface area contributed by atoms with Crippen molar-refractivity contribution in [2.75, 3.05) is 0 Å². The summed E-state index contributed by atoms with van der Waals surface area (Å²) in [6, 6.07) is 0. The predicted molar refractivity (Wildman–Crippen MR) is 31.9 cm³/mol.